The standard InChI is InChI=1S/C27H28F3N7O8S2/c1-43-18-11-17(12-19(13-18)44-2)33-26-32-15-21(23(34-26)37-7-6-22(35-37)27(28,29)30)16-10-20(24(38)36-47(4,41)42)25(31-14-16)45-8-5-9-46(3,39)40/h6-7,10-15H,5,8-9H2,1-4H3,(H,36,38)(H,32,33,34). The van der Waals surface area contributed by atoms with Crippen molar-refractivity contribution in [3.63, 3.8) is 0 Å². The Hall–Kier alpha value is -4.98. The van der Waals surface area contributed by atoms with Crippen LogP contribution < -0.4 is 24.2 Å². The average molecular weight is 700 g/mol. The van der Waals surface area contributed by atoms with Gasteiger partial charge < -0.3 is 19.5 Å². The van der Waals surface area contributed by atoms with Gasteiger partial charge in [0.25, 0.3) is 5.91 Å². The van der Waals surface area contributed by atoms with Crippen molar-refractivity contribution in [1.82, 2.24) is 29.5 Å². The van der Waals surface area contributed by atoms with Crippen LogP contribution in [-0.4, -0.2) is 86.6 Å². The minimum absolute atomic E-state index is 0.0418. The first-order valence-electron chi connectivity index (χ1n) is 13.3. The fourth-order valence-electron chi connectivity index (χ4n) is 4.00. The van der Waals surface area contributed by atoms with Gasteiger partial charge in [-0.25, -0.2) is 36.2 Å². The van der Waals surface area contributed by atoms with Crippen molar-refractivity contribution in [2.75, 3.05) is 44.4 Å². The van der Waals surface area contributed by atoms with E-state index >= 15 is 0 Å². The van der Waals surface area contributed by atoms with Crippen LogP contribution in [0.15, 0.2) is 48.9 Å². The Bertz CT molecular complexity index is 1980. The van der Waals surface area contributed by atoms with Crippen molar-refractivity contribution in [3.8, 4) is 34.3 Å². The lowest BCUT2D eigenvalue weighted by Crippen LogP contribution is -2.30. The largest absolute Gasteiger partial charge is 0.497 e. The Kier molecular flexibility index (Phi) is 10.2. The molecule has 1 aromatic carbocycles. The number of benzene rings is 1. The summed E-state index contributed by atoms with van der Waals surface area (Å²) in [5.74, 6) is -1.07. The van der Waals surface area contributed by atoms with Gasteiger partial charge in [-0.15, -0.1) is 0 Å². The van der Waals surface area contributed by atoms with Gasteiger partial charge in [0.05, 0.1) is 32.8 Å². The summed E-state index contributed by atoms with van der Waals surface area (Å²) in [5.41, 5.74) is -1.06. The van der Waals surface area contributed by atoms with Gasteiger partial charge in [0, 0.05) is 59.9 Å². The molecule has 0 aliphatic heterocycles. The summed E-state index contributed by atoms with van der Waals surface area (Å²) >= 11 is 0. The summed E-state index contributed by atoms with van der Waals surface area (Å²) in [6.07, 6.45) is 0.513. The smallest absolute Gasteiger partial charge is 0.435 e. The van der Waals surface area contributed by atoms with Crippen LogP contribution in [0.2, 0.25) is 0 Å². The van der Waals surface area contributed by atoms with E-state index in [9.17, 15) is 34.8 Å². The van der Waals surface area contributed by atoms with Crippen LogP contribution >= 0.6 is 0 Å². The molecule has 20 heteroatoms. The molecular formula is C27H28F3N7O8S2. The summed E-state index contributed by atoms with van der Waals surface area (Å²) in [6.45, 7) is -0.185. The first kappa shape index (κ1) is 34.9. The summed E-state index contributed by atoms with van der Waals surface area (Å²) in [6, 6.07) is 6.73. The third kappa shape index (κ3) is 9.51. The number of sulfonamides is 1. The Morgan fingerprint density at radius 1 is 0.979 bits per heavy atom. The van der Waals surface area contributed by atoms with Crippen molar-refractivity contribution < 1.29 is 49.0 Å². The van der Waals surface area contributed by atoms with Crippen molar-refractivity contribution in [2.45, 2.75) is 12.6 Å². The van der Waals surface area contributed by atoms with Gasteiger partial charge in [-0.05, 0) is 18.6 Å². The molecule has 1 amide bonds. The van der Waals surface area contributed by atoms with Crippen LogP contribution in [0.4, 0.5) is 24.8 Å². The lowest BCUT2D eigenvalue weighted by Gasteiger charge is -2.15. The number of hydrogen-bond donors (Lipinski definition) is 2. The Morgan fingerprint density at radius 2 is 1.66 bits per heavy atom. The molecule has 0 radical (unpaired) electrons. The topological polar surface area (TPSA) is 194 Å². The number of carbonyl (C=O) groups excluding carboxylic acids is 1. The van der Waals surface area contributed by atoms with E-state index < -0.39 is 37.6 Å². The molecule has 4 aromatic rings. The molecule has 0 aliphatic rings. The molecule has 0 fully saturated rings. The number of ether oxygens (including phenoxy) is 3. The van der Waals surface area contributed by atoms with Gasteiger partial charge in [-0.3, -0.25) is 4.79 Å². The highest BCUT2D eigenvalue weighted by Crippen LogP contribution is 2.33. The molecule has 15 nitrogen and oxygen atoms in total. The van der Waals surface area contributed by atoms with E-state index in [0.717, 1.165) is 29.5 Å². The van der Waals surface area contributed by atoms with E-state index in [4.69, 9.17) is 14.2 Å². The zero-order valence-electron chi connectivity index (χ0n) is 25.2. The quantitative estimate of drug-likeness (QED) is 0.194. The molecule has 0 aliphatic carbocycles. The molecule has 0 bridgehead atoms. The third-order valence-corrected chi connectivity index (χ3v) is 7.64. The second-order valence-electron chi connectivity index (χ2n) is 9.91. The van der Waals surface area contributed by atoms with E-state index in [0.29, 0.717) is 17.2 Å². The minimum Gasteiger partial charge on any atom is -0.497 e. The summed E-state index contributed by atoms with van der Waals surface area (Å²) in [7, 11) is -4.47. The molecule has 0 saturated heterocycles. The highest BCUT2D eigenvalue weighted by atomic mass is 32.2. The second-order valence-corrected chi connectivity index (χ2v) is 13.9. The number of carbonyl (C=O) groups is 1. The SMILES string of the molecule is COc1cc(Nc2ncc(-c3cnc(OCCCS(C)(=O)=O)c(C(=O)NS(C)(=O)=O)c3)c(-n3ccc(C(F)(F)F)n3)n2)cc(OC)c1. The Labute approximate surface area is 267 Å². The van der Waals surface area contributed by atoms with Crippen molar-refractivity contribution in [3.05, 3.63) is 60.2 Å². The normalized spacial score (nSPS) is 12.0. The number of halogens is 3. The van der Waals surface area contributed by atoms with Crippen LogP contribution in [-0.2, 0) is 26.0 Å². The van der Waals surface area contributed by atoms with Gasteiger partial charge in [0.1, 0.15) is 26.9 Å². The molecule has 3 aromatic heterocycles. The van der Waals surface area contributed by atoms with Gasteiger partial charge in [0.2, 0.25) is 21.9 Å². The maximum absolute atomic E-state index is 13.5. The number of hydrogen-bond acceptors (Lipinski definition) is 13. The average Bonchev–Trinajstić information content (AvgIpc) is 3.49. The number of pyridine rings is 1. The number of rotatable bonds is 13. The number of nitrogens with one attached hydrogen (secondary N) is 2. The summed E-state index contributed by atoms with van der Waals surface area (Å²) in [4.78, 5) is 25.7. The number of sulfone groups is 1. The van der Waals surface area contributed by atoms with Gasteiger partial charge >= 0.3 is 6.18 Å². The highest BCUT2D eigenvalue weighted by molar-refractivity contribution is 7.90. The monoisotopic (exact) mass is 699 g/mol. The molecule has 2 N–H and O–H groups in total. The van der Waals surface area contributed by atoms with E-state index in [1.165, 1.54) is 32.7 Å². The highest BCUT2D eigenvalue weighted by Gasteiger charge is 2.34. The molecule has 0 unspecified atom stereocenters. The van der Waals surface area contributed by atoms with Crippen molar-refractivity contribution in [1.29, 1.82) is 0 Å². The first-order valence-corrected chi connectivity index (χ1v) is 17.2. The Balaban J connectivity index is 1.81. The predicted molar refractivity (Wildman–Crippen MR) is 162 cm³/mol. The predicted octanol–water partition coefficient (Wildman–Crippen LogP) is 3.01. The fourth-order valence-corrected chi connectivity index (χ4v) is 5.09. The molecule has 0 saturated carbocycles. The molecule has 3 heterocycles. The molecule has 0 spiro atoms. The molecular weight excluding hydrogens is 671 g/mol. The second kappa shape index (κ2) is 13.8. The van der Waals surface area contributed by atoms with Crippen LogP contribution in [0.1, 0.15) is 22.5 Å². The van der Waals surface area contributed by atoms with Gasteiger partial charge in [-0.2, -0.15) is 23.3 Å². The zero-order valence-corrected chi connectivity index (χ0v) is 26.8. The lowest BCUT2D eigenvalue weighted by molar-refractivity contribution is -0.141. The minimum atomic E-state index is -4.77. The van der Waals surface area contributed by atoms with E-state index in [2.05, 4.69) is 25.4 Å². The molecule has 4 rings (SSSR count). The van der Waals surface area contributed by atoms with Crippen LogP contribution in [0.3, 0.4) is 0 Å². The summed E-state index contributed by atoms with van der Waals surface area (Å²) < 4.78 is 106. The van der Waals surface area contributed by atoms with Crippen LogP contribution in [0, 0.1) is 0 Å². The van der Waals surface area contributed by atoms with E-state index in [1.807, 2.05) is 0 Å². The van der Waals surface area contributed by atoms with Crippen LogP contribution in [0.25, 0.3) is 16.9 Å². The first-order chi connectivity index (χ1) is 22.0. The van der Waals surface area contributed by atoms with E-state index in [1.54, 1.807) is 22.9 Å². The Morgan fingerprint density at radius 3 is 2.23 bits per heavy atom. The number of anilines is 2. The van der Waals surface area contributed by atoms with Gasteiger partial charge in [0.15, 0.2) is 11.5 Å². The number of amides is 1. The number of alkyl halides is 3. The maximum Gasteiger partial charge on any atom is 0.435 e. The van der Waals surface area contributed by atoms with E-state index in [-0.39, 0.29) is 53.1 Å². The summed E-state index contributed by atoms with van der Waals surface area (Å²) in [5, 5.41) is 6.54. The number of methoxy groups -OCH3 is 2. The fraction of sp³-hybridized carbons (Fsp3) is 0.296. The zero-order chi connectivity index (χ0) is 34.6. The molecule has 252 valence electrons. The number of aromatic nitrogens is 5. The van der Waals surface area contributed by atoms with Gasteiger partial charge in [-0.1, -0.05) is 0 Å². The molecule has 0 atom stereocenters. The molecule has 47 heavy (non-hydrogen) atoms. The van der Waals surface area contributed by atoms with Crippen molar-refractivity contribution >= 4 is 37.4 Å². The number of nitrogens with zero attached hydrogens (tertiary/aromatic N) is 5. The maximum atomic E-state index is 13.5. The lowest BCUT2D eigenvalue weighted by atomic mass is 10.1. The van der Waals surface area contributed by atoms with Crippen LogP contribution in [0.5, 0.6) is 17.4 Å². The van der Waals surface area contributed by atoms with Crippen molar-refractivity contribution in [2.24, 2.45) is 0 Å². The third-order valence-electron chi connectivity index (χ3n) is 6.06.